The maximum Gasteiger partial charge on any atom is 0.153 e. The lowest BCUT2D eigenvalue weighted by atomic mass is 10.3. The maximum absolute atomic E-state index is 5.56. The van der Waals surface area contributed by atoms with Crippen LogP contribution in [-0.4, -0.2) is 28.7 Å². The van der Waals surface area contributed by atoms with Crippen molar-refractivity contribution in [3.8, 4) is 0 Å². The van der Waals surface area contributed by atoms with Crippen LogP contribution in [0.3, 0.4) is 0 Å². The van der Waals surface area contributed by atoms with Crippen LogP contribution in [0.1, 0.15) is 5.56 Å². The van der Waals surface area contributed by atoms with Crippen molar-refractivity contribution in [3.05, 3.63) is 30.1 Å². The van der Waals surface area contributed by atoms with E-state index in [1.165, 1.54) is 17.3 Å². The minimum absolute atomic E-state index is 0.664. The van der Waals surface area contributed by atoms with E-state index in [1.54, 1.807) is 6.20 Å². The molecule has 0 aliphatic rings. The van der Waals surface area contributed by atoms with E-state index < -0.39 is 0 Å². The summed E-state index contributed by atoms with van der Waals surface area (Å²) in [6.07, 6.45) is 5.62. The highest BCUT2D eigenvalue weighted by molar-refractivity contribution is 8.13. The van der Waals surface area contributed by atoms with E-state index in [0.29, 0.717) is 5.17 Å². The Balaban J connectivity index is 2.13. The number of aromatic nitrogens is 1. The third kappa shape index (κ3) is 5.69. The molecule has 0 bridgehead atoms. The first-order valence-electron chi connectivity index (χ1n) is 4.63. The van der Waals surface area contributed by atoms with Gasteiger partial charge < -0.3 is 5.73 Å². The van der Waals surface area contributed by atoms with Crippen LogP contribution in [0, 0.1) is 0 Å². The number of nitrogens with zero attached hydrogens (tertiary/aromatic N) is 2. The lowest BCUT2D eigenvalue weighted by Crippen LogP contribution is -2.06. The summed E-state index contributed by atoms with van der Waals surface area (Å²) in [5, 5.41) is 0.664. The van der Waals surface area contributed by atoms with Gasteiger partial charge in [-0.3, -0.25) is 9.98 Å². The van der Waals surface area contributed by atoms with Crippen LogP contribution in [0.5, 0.6) is 0 Å². The Morgan fingerprint density at radius 1 is 1.60 bits per heavy atom. The van der Waals surface area contributed by atoms with Gasteiger partial charge in [0.15, 0.2) is 5.17 Å². The smallest absolute Gasteiger partial charge is 0.153 e. The van der Waals surface area contributed by atoms with Gasteiger partial charge in [0.2, 0.25) is 0 Å². The lowest BCUT2D eigenvalue weighted by molar-refractivity contribution is 1.14. The molecule has 1 aromatic rings. The molecule has 1 rings (SSSR count). The van der Waals surface area contributed by atoms with Crippen LogP contribution in [0.15, 0.2) is 29.5 Å². The van der Waals surface area contributed by atoms with Crippen molar-refractivity contribution >= 4 is 28.7 Å². The standard InChI is InChI=1S/C10H15N3S2/c1-14-10(11)13-5-6-15-8-9-3-2-4-12-7-9/h2-4,7H,5-6,8H2,1H3,(H2,11,13). The largest absolute Gasteiger partial charge is 0.379 e. The molecular weight excluding hydrogens is 226 g/mol. The monoisotopic (exact) mass is 241 g/mol. The van der Waals surface area contributed by atoms with Crippen LogP contribution in [0.2, 0.25) is 0 Å². The molecule has 0 saturated carbocycles. The molecule has 82 valence electrons. The average molecular weight is 241 g/mol. The molecule has 0 aromatic carbocycles. The Hall–Kier alpha value is -0.680. The molecule has 15 heavy (non-hydrogen) atoms. The summed E-state index contributed by atoms with van der Waals surface area (Å²) in [5.41, 5.74) is 6.81. The Bertz CT molecular complexity index is 301. The van der Waals surface area contributed by atoms with Crippen molar-refractivity contribution < 1.29 is 0 Å². The molecule has 0 aliphatic heterocycles. The summed E-state index contributed by atoms with van der Waals surface area (Å²) in [7, 11) is 0. The van der Waals surface area contributed by atoms with Crippen LogP contribution < -0.4 is 5.73 Å². The molecule has 0 spiro atoms. The third-order valence-electron chi connectivity index (χ3n) is 1.70. The Morgan fingerprint density at radius 2 is 2.47 bits per heavy atom. The molecule has 0 fully saturated rings. The Morgan fingerprint density at radius 3 is 3.13 bits per heavy atom. The number of aliphatic imine (C=N–C) groups is 1. The van der Waals surface area contributed by atoms with Crippen LogP contribution in [-0.2, 0) is 5.75 Å². The van der Waals surface area contributed by atoms with E-state index in [0.717, 1.165) is 18.1 Å². The zero-order chi connectivity index (χ0) is 10.9. The first kappa shape index (κ1) is 12.4. The summed E-state index contributed by atoms with van der Waals surface area (Å²) in [5.74, 6) is 1.98. The second-order valence-corrected chi connectivity index (χ2v) is 4.77. The van der Waals surface area contributed by atoms with Gasteiger partial charge in [0.05, 0.1) is 6.54 Å². The van der Waals surface area contributed by atoms with E-state index in [-0.39, 0.29) is 0 Å². The van der Waals surface area contributed by atoms with Gasteiger partial charge in [0, 0.05) is 23.9 Å². The van der Waals surface area contributed by atoms with Crippen molar-refractivity contribution in [1.82, 2.24) is 4.98 Å². The fraction of sp³-hybridized carbons (Fsp3) is 0.400. The van der Waals surface area contributed by atoms with Gasteiger partial charge in [-0.2, -0.15) is 11.8 Å². The van der Waals surface area contributed by atoms with E-state index >= 15 is 0 Å². The molecule has 3 nitrogen and oxygen atoms in total. The van der Waals surface area contributed by atoms with E-state index in [4.69, 9.17) is 5.73 Å². The highest BCUT2D eigenvalue weighted by atomic mass is 32.2. The summed E-state index contributed by atoms with van der Waals surface area (Å²) >= 11 is 3.33. The molecule has 0 unspecified atom stereocenters. The van der Waals surface area contributed by atoms with Gasteiger partial charge >= 0.3 is 0 Å². The van der Waals surface area contributed by atoms with Crippen molar-refractivity contribution in [2.45, 2.75) is 5.75 Å². The normalized spacial score (nSPS) is 11.7. The second kappa shape index (κ2) is 7.59. The van der Waals surface area contributed by atoms with Gasteiger partial charge in [0.25, 0.3) is 0 Å². The minimum atomic E-state index is 0.664. The van der Waals surface area contributed by atoms with Crippen molar-refractivity contribution in [2.24, 2.45) is 10.7 Å². The first-order valence-corrected chi connectivity index (χ1v) is 7.01. The number of hydrogen-bond acceptors (Lipinski definition) is 4. The SMILES string of the molecule is CSC(N)=NCCSCc1cccnc1. The van der Waals surface area contributed by atoms with Gasteiger partial charge in [-0.1, -0.05) is 17.8 Å². The number of amidine groups is 1. The lowest BCUT2D eigenvalue weighted by Gasteiger charge is -1.99. The topological polar surface area (TPSA) is 51.3 Å². The van der Waals surface area contributed by atoms with Crippen molar-refractivity contribution in [3.63, 3.8) is 0 Å². The molecule has 0 atom stereocenters. The van der Waals surface area contributed by atoms with E-state index in [2.05, 4.69) is 16.0 Å². The Labute approximate surface area is 99.0 Å². The van der Waals surface area contributed by atoms with Crippen LogP contribution >= 0.6 is 23.5 Å². The van der Waals surface area contributed by atoms with Crippen molar-refractivity contribution in [1.29, 1.82) is 0 Å². The number of hydrogen-bond donors (Lipinski definition) is 1. The molecule has 0 radical (unpaired) electrons. The quantitative estimate of drug-likeness (QED) is 0.486. The molecule has 1 aromatic heterocycles. The summed E-state index contributed by atoms with van der Waals surface area (Å²) in [6, 6.07) is 4.04. The number of pyridine rings is 1. The van der Waals surface area contributed by atoms with Gasteiger partial charge in [0.1, 0.15) is 0 Å². The molecule has 0 amide bonds. The van der Waals surface area contributed by atoms with Crippen molar-refractivity contribution in [2.75, 3.05) is 18.6 Å². The predicted molar refractivity (Wildman–Crippen MR) is 70.4 cm³/mol. The highest BCUT2D eigenvalue weighted by Crippen LogP contribution is 2.10. The first-order chi connectivity index (χ1) is 7.33. The maximum atomic E-state index is 5.56. The summed E-state index contributed by atoms with van der Waals surface area (Å²) in [6.45, 7) is 0.789. The van der Waals surface area contributed by atoms with Crippen LogP contribution in [0.25, 0.3) is 0 Å². The summed E-state index contributed by atoms with van der Waals surface area (Å²) < 4.78 is 0. The predicted octanol–water partition coefficient (Wildman–Crippen LogP) is 1.99. The molecule has 0 saturated heterocycles. The van der Waals surface area contributed by atoms with E-state index in [9.17, 15) is 0 Å². The average Bonchev–Trinajstić information content (AvgIpc) is 2.29. The molecule has 1 heterocycles. The zero-order valence-corrected chi connectivity index (χ0v) is 10.4. The summed E-state index contributed by atoms with van der Waals surface area (Å²) in [4.78, 5) is 8.26. The minimum Gasteiger partial charge on any atom is -0.379 e. The van der Waals surface area contributed by atoms with Gasteiger partial charge in [-0.25, -0.2) is 0 Å². The highest BCUT2D eigenvalue weighted by Gasteiger charge is 1.92. The number of rotatable bonds is 5. The zero-order valence-electron chi connectivity index (χ0n) is 8.72. The van der Waals surface area contributed by atoms with Crippen LogP contribution in [0.4, 0.5) is 0 Å². The number of thioether (sulfide) groups is 2. The molecular formula is C10H15N3S2. The van der Waals surface area contributed by atoms with Gasteiger partial charge in [-0.15, -0.1) is 0 Å². The molecule has 5 heteroatoms. The third-order valence-corrected chi connectivity index (χ3v) is 3.26. The second-order valence-electron chi connectivity index (χ2n) is 2.84. The molecule has 0 aliphatic carbocycles. The Kier molecular flexibility index (Phi) is 6.27. The van der Waals surface area contributed by atoms with E-state index in [1.807, 2.05) is 30.3 Å². The fourth-order valence-electron chi connectivity index (χ4n) is 0.958. The fourth-order valence-corrected chi connectivity index (χ4v) is 1.95. The number of nitrogens with two attached hydrogens (primary N) is 1. The molecule has 2 N–H and O–H groups in total. The van der Waals surface area contributed by atoms with Gasteiger partial charge in [-0.05, 0) is 17.9 Å².